The summed E-state index contributed by atoms with van der Waals surface area (Å²) in [6.07, 6.45) is 0.0946. The van der Waals surface area contributed by atoms with Crippen molar-refractivity contribution in [3.8, 4) is 0 Å². The van der Waals surface area contributed by atoms with Crippen molar-refractivity contribution in [1.82, 2.24) is 10.2 Å². The van der Waals surface area contributed by atoms with Gasteiger partial charge in [-0.3, -0.25) is 13.9 Å². The molecule has 0 saturated carbocycles. The van der Waals surface area contributed by atoms with E-state index in [0.29, 0.717) is 0 Å². The maximum Gasteiger partial charge on any atom is 0.264 e. The lowest BCUT2D eigenvalue weighted by Crippen LogP contribution is -2.56. The number of rotatable bonds is 11. The highest BCUT2D eigenvalue weighted by Gasteiger charge is 2.36. The Kier molecular flexibility index (Phi) is 10.9. The fourth-order valence-corrected chi connectivity index (χ4v) is 6.68. The van der Waals surface area contributed by atoms with Gasteiger partial charge in [-0.2, -0.15) is 0 Å². The summed E-state index contributed by atoms with van der Waals surface area (Å²) < 4.78 is 44.0. The summed E-state index contributed by atoms with van der Waals surface area (Å²) in [7, 11) is -4.34. The molecule has 1 unspecified atom stereocenters. The van der Waals surface area contributed by atoms with E-state index >= 15 is 4.39 Å². The zero-order chi connectivity index (χ0) is 32.8. The van der Waals surface area contributed by atoms with E-state index in [1.54, 1.807) is 24.3 Å². The first-order chi connectivity index (χ1) is 21.2. The topological polar surface area (TPSA) is 86.8 Å². The Morgan fingerprint density at radius 3 is 1.98 bits per heavy atom. The van der Waals surface area contributed by atoms with E-state index in [4.69, 9.17) is 23.2 Å². The van der Waals surface area contributed by atoms with Crippen molar-refractivity contribution in [3.05, 3.63) is 130 Å². The van der Waals surface area contributed by atoms with Crippen LogP contribution in [0.5, 0.6) is 0 Å². The van der Waals surface area contributed by atoms with E-state index in [1.807, 2.05) is 51.1 Å². The van der Waals surface area contributed by atoms with Gasteiger partial charge in [0, 0.05) is 34.1 Å². The van der Waals surface area contributed by atoms with Crippen LogP contribution in [-0.4, -0.2) is 43.3 Å². The SMILES string of the molecule is CC(C)(C)NC(=O)C(Cc1ccccc1)N(Cc1ccccc1F)C(=O)CN(c1cc(Cl)cc(Cl)c1)S(=O)(=O)c1ccccc1. The van der Waals surface area contributed by atoms with E-state index in [-0.39, 0.29) is 39.2 Å². The highest BCUT2D eigenvalue weighted by atomic mass is 35.5. The number of amides is 2. The first-order valence-electron chi connectivity index (χ1n) is 14.2. The molecule has 4 rings (SSSR count). The van der Waals surface area contributed by atoms with Gasteiger partial charge in [0.05, 0.1) is 10.6 Å². The second-order valence-corrected chi connectivity index (χ2v) is 14.2. The third-order valence-electron chi connectivity index (χ3n) is 6.81. The van der Waals surface area contributed by atoms with Gasteiger partial charge in [-0.05, 0) is 62.7 Å². The molecule has 0 heterocycles. The molecule has 0 bridgehead atoms. The van der Waals surface area contributed by atoms with Crippen molar-refractivity contribution in [3.63, 3.8) is 0 Å². The fourth-order valence-electron chi connectivity index (χ4n) is 4.75. The lowest BCUT2D eigenvalue weighted by Gasteiger charge is -2.35. The number of hydrogen-bond donors (Lipinski definition) is 1. The molecule has 236 valence electrons. The molecular formula is C34H34Cl2FN3O4S. The summed E-state index contributed by atoms with van der Waals surface area (Å²) >= 11 is 12.5. The van der Waals surface area contributed by atoms with E-state index in [2.05, 4.69) is 5.32 Å². The van der Waals surface area contributed by atoms with Crippen LogP contribution < -0.4 is 9.62 Å². The quantitative estimate of drug-likeness (QED) is 0.189. The lowest BCUT2D eigenvalue weighted by molar-refractivity contribution is -0.140. The number of carbonyl (C=O) groups is 2. The number of sulfonamides is 1. The zero-order valence-corrected chi connectivity index (χ0v) is 27.4. The summed E-state index contributed by atoms with van der Waals surface area (Å²) in [5.74, 6) is -1.78. The van der Waals surface area contributed by atoms with Gasteiger partial charge in [-0.15, -0.1) is 0 Å². The van der Waals surface area contributed by atoms with Crippen LogP contribution in [0.3, 0.4) is 0 Å². The van der Waals surface area contributed by atoms with Crippen LogP contribution in [0.4, 0.5) is 10.1 Å². The van der Waals surface area contributed by atoms with Crippen LogP contribution in [0, 0.1) is 5.82 Å². The minimum absolute atomic E-state index is 0.0503. The monoisotopic (exact) mass is 669 g/mol. The van der Waals surface area contributed by atoms with Gasteiger partial charge in [-0.1, -0.05) is 89.9 Å². The summed E-state index contributed by atoms with van der Waals surface area (Å²) in [6.45, 7) is 4.41. The van der Waals surface area contributed by atoms with Gasteiger partial charge in [0.2, 0.25) is 11.8 Å². The molecule has 0 fully saturated rings. The molecule has 1 atom stereocenters. The summed E-state index contributed by atoms with van der Waals surface area (Å²) in [5.41, 5.74) is 0.317. The molecule has 0 saturated heterocycles. The molecule has 0 aliphatic carbocycles. The first-order valence-corrected chi connectivity index (χ1v) is 16.4. The van der Waals surface area contributed by atoms with Crippen LogP contribution in [-0.2, 0) is 32.6 Å². The largest absolute Gasteiger partial charge is 0.350 e. The van der Waals surface area contributed by atoms with Gasteiger partial charge in [-0.25, -0.2) is 12.8 Å². The van der Waals surface area contributed by atoms with Crippen molar-refractivity contribution in [1.29, 1.82) is 0 Å². The Labute approximate surface area is 273 Å². The van der Waals surface area contributed by atoms with Gasteiger partial charge in [0.1, 0.15) is 18.4 Å². The summed E-state index contributed by atoms with van der Waals surface area (Å²) in [4.78, 5) is 29.5. The fraction of sp³-hybridized carbons (Fsp3) is 0.235. The molecule has 4 aromatic rings. The highest BCUT2D eigenvalue weighted by molar-refractivity contribution is 7.92. The van der Waals surface area contributed by atoms with E-state index in [0.717, 1.165) is 9.87 Å². The Bertz CT molecular complexity index is 1730. The number of halogens is 3. The molecule has 0 aliphatic rings. The van der Waals surface area contributed by atoms with Crippen LogP contribution in [0.2, 0.25) is 10.0 Å². The number of benzene rings is 4. The van der Waals surface area contributed by atoms with E-state index in [9.17, 15) is 18.0 Å². The highest BCUT2D eigenvalue weighted by Crippen LogP contribution is 2.30. The molecule has 1 N–H and O–H groups in total. The Morgan fingerprint density at radius 2 is 1.40 bits per heavy atom. The van der Waals surface area contributed by atoms with Crippen molar-refractivity contribution in [2.45, 2.75) is 50.2 Å². The molecule has 45 heavy (non-hydrogen) atoms. The zero-order valence-electron chi connectivity index (χ0n) is 25.1. The third-order valence-corrected chi connectivity index (χ3v) is 9.04. The second-order valence-electron chi connectivity index (χ2n) is 11.5. The van der Waals surface area contributed by atoms with Crippen molar-refractivity contribution >= 4 is 50.7 Å². The van der Waals surface area contributed by atoms with E-state index in [1.165, 1.54) is 53.4 Å². The molecule has 4 aromatic carbocycles. The minimum atomic E-state index is -4.34. The van der Waals surface area contributed by atoms with Crippen LogP contribution in [0.1, 0.15) is 31.9 Å². The van der Waals surface area contributed by atoms with Crippen LogP contribution in [0.25, 0.3) is 0 Å². The molecule has 0 radical (unpaired) electrons. The predicted molar refractivity (Wildman–Crippen MR) is 176 cm³/mol. The van der Waals surface area contributed by atoms with Crippen LogP contribution >= 0.6 is 23.2 Å². The second kappa shape index (κ2) is 14.5. The van der Waals surface area contributed by atoms with Crippen LogP contribution in [0.15, 0.2) is 108 Å². The predicted octanol–water partition coefficient (Wildman–Crippen LogP) is 6.88. The van der Waals surface area contributed by atoms with Gasteiger partial charge in [0.25, 0.3) is 10.0 Å². The standard InChI is InChI=1S/C34H34Cl2FN3O4S/c1-34(2,3)38-33(42)31(18-24-12-6-4-7-13-24)39(22-25-14-10-11-17-30(25)37)32(41)23-40(28-20-26(35)19-27(36)21-28)45(43,44)29-15-8-5-9-16-29/h4-17,19-21,31H,18,22-23H2,1-3H3,(H,38,42). The number of anilines is 1. The molecule has 0 spiro atoms. The van der Waals surface area contributed by atoms with Gasteiger partial charge in [0.15, 0.2) is 0 Å². The van der Waals surface area contributed by atoms with Crippen molar-refractivity contribution in [2.24, 2.45) is 0 Å². The molecule has 0 aromatic heterocycles. The molecular weight excluding hydrogens is 636 g/mol. The van der Waals surface area contributed by atoms with E-state index < -0.39 is 45.8 Å². The maximum absolute atomic E-state index is 15.0. The van der Waals surface area contributed by atoms with Gasteiger partial charge >= 0.3 is 0 Å². The smallest absolute Gasteiger partial charge is 0.264 e. The Morgan fingerprint density at radius 1 is 0.844 bits per heavy atom. The lowest BCUT2D eigenvalue weighted by atomic mass is 10.0. The molecule has 2 amide bonds. The number of carbonyl (C=O) groups excluding carboxylic acids is 2. The summed E-state index contributed by atoms with van der Waals surface area (Å²) in [6, 6.07) is 25.7. The third kappa shape index (κ3) is 9.06. The Hall–Kier alpha value is -3.92. The normalized spacial score (nSPS) is 12.3. The molecule has 11 heteroatoms. The maximum atomic E-state index is 15.0. The number of nitrogens with one attached hydrogen (secondary N) is 1. The number of nitrogens with zero attached hydrogens (tertiary/aromatic N) is 2. The van der Waals surface area contributed by atoms with Crippen molar-refractivity contribution in [2.75, 3.05) is 10.8 Å². The first kappa shape index (κ1) is 34.0. The Balaban J connectivity index is 1.84. The molecule has 0 aliphatic heterocycles. The minimum Gasteiger partial charge on any atom is -0.350 e. The number of hydrogen-bond acceptors (Lipinski definition) is 4. The van der Waals surface area contributed by atoms with Gasteiger partial charge < -0.3 is 10.2 Å². The summed E-state index contributed by atoms with van der Waals surface area (Å²) in [5, 5.41) is 3.26. The molecule has 7 nitrogen and oxygen atoms in total. The average Bonchev–Trinajstić information content (AvgIpc) is 2.98. The average molecular weight is 671 g/mol. The van der Waals surface area contributed by atoms with Crippen molar-refractivity contribution < 1.29 is 22.4 Å².